The summed E-state index contributed by atoms with van der Waals surface area (Å²) in [6.45, 7) is 0. The van der Waals surface area contributed by atoms with Gasteiger partial charge in [-0.1, -0.05) is 170 Å². The molecule has 2 heterocycles. The molecule has 0 N–H and O–H groups in total. The van der Waals surface area contributed by atoms with E-state index in [0.29, 0.717) is 5.82 Å². The van der Waals surface area contributed by atoms with Crippen molar-refractivity contribution in [1.29, 1.82) is 0 Å². The average Bonchev–Trinajstić information content (AvgIpc) is 3.65. The van der Waals surface area contributed by atoms with E-state index in [1.54, 1.807) is 0 Å². The third-order valence-electron chi connectivity index (χ3n) is 10.3. The standard InChI is InChI=1S/C52H34N2S/c1-4-16-35(17-5-1)42-22-10-11-24-44(42)40-30-39(38-28-29-46-45-25-14-15-27-50(45)55-51(46)33-38)31-41(32-40)49-34-48(37-20-8-3-9-21-37)53-52(54-49)47-26-13-12-23-43(47)36-18-6-2-7-19-36/h1-34H. The van der Waals surface area contributed by atoms with Crippen LogP contribution in [-0.4, -0.2) is 9.97 Å². The fraction of sp³-hybridized carbons (Fsp3) is 0. The van der Waals surface area contributed by atoms with Crippen molar-refractivity contribution in [2.24, 2.45) is 0 Å². The topological polar surface area (TPSA) is 25.8 Å². The van der Waals surface area contributed by atoms with Gasteiger partial charge in [0, 0.05) is 36.9 Å². The molecule has 0 radical (unpaired) electrons. The number of nitrogens with zero attached hydrogens (tertiary/aromatic N) is 2. The Hall–Kier alpha value is -6.94. The summed E-state index contributed by atoms with van der Waals surface area (Å²) in [5.41, 5.74) is 14.1. The first kappa shape index (κ1) is 32.7. The Morgan fingerprint density at radius 3 is 1.42 bits per heavy atom. The molecule has 10 aromatic rings. The summed E-state index contributed by atoms with van der Waals surface area (Å²) < 4.78 is 2.59. The lowest BCUT2D eigenvalue weighted by Crippen LogP contribution is -1.98. The van der Waals surface area contributed by atoms with Gasteiger partial charge in [-0.2, -0.15) is 0 Å². The monoisotopic (exact) mass is 718 g/mol. The van der Waals surface area contributed by atoms with Crippen molar-refractivity contribution in [3.05, 3.63) is 206 Å². The summed E-state index contributed by atoms with van der Waals surface area (Å²) >= 11 is 1.85. The molecule has 8 aromatic carbocycles. The van der Waals surface area contributed by atoms with E-state index in [1.165, 1.54) is 42.4 Å². The number of benzene rings is 8. The minimum Gasteiger partial charge on any atom is -0.228 e. The van der Waals surface area contributed by atoms with E-state index in [0.717, 1.165) is 50.3 Å². The van der Waals surface area contributed by atoms with Gasteiger partial charge in [0.1, 0.15) is 0 Å². The summed E-state index contributed by atoms with van der Waals surface area (Å²) in [6, 6.07) is 73.4. The van der Waals surface area contributed by atoms with Crippen LogP contribution in [-0.2, 0) is 0 Å². The summed E-state index contributed by atoms with van der Waals surface area (Å²) in [6.07, 6.45) is 0. The molecule has 2 aromatic heterocycles. The number of rotatable bonds is 7. The first-order chi connectivity index (χ1) is 27.2. The highest BCUT2D eigenvalue weighted by Gasteiger charge is 2.17. The number of fused-ring (bicyclic) bond motifs is 3. The van der Waals surface area contributed by atoms with Gasteiger partial charge in [0.25, 0.3) is 0 Å². The molecule has 0 amide bonds. The Labute approximate surface area is 324 Å². The molecule has 0 aliphatic carbocycles. The van der Waals surface area contributed by atoms with Crippen LogP contribution in [0.1, 0.15) is 0 Å². The number of thiophene rings is 1. The van der Waals surface area contributed by atoms with Crippen molar-refractivity contribution in [1.82, 2.24) is 9.97 Å². The summed E-state index contributed by atoms with van der Waals surface area (Å²) in [7, 11) is 0. The van der Waals surface area contributed by atoms with Gasteiger partial charge in [-0.3, -0.25) is 0 Å². The average molecular weight is 719 g/mol. The minimum absolute atomic E-state index is 0.694. The molecule has 0 bridgehead atoms. The molecule has 2 nitrogen and oxygen atoms in total. The van der Waals surface area contributed by atoms with Crippen LogP contribution >= 0.6 is 11.3 Å². The second-order valence-corrected chi connectivity index (χ2v) is 14.8. The molecule has 55 heavy (non-hydrogen) atoms. The van der Waals surface area contributed by atoms with E-state index in [-0.39, 0.29) is 0 Å². The molecule has 0 aliphatic rings. The van der Waals surface area contributed by atoms with Crippen molar-refractivity contribution in [3.63, 3.8) is 0 Å². The van der Waals surface area contributed by atoms with Gasteiger partial charge in [-0.15, -0.1) is 11.3 Å². The maximum Gasteiger partial charge on any atom is 0.161 e. The molecule has 0 atom stereocenters. The van der Waals surface area contributed by atoms with E-state index in [2.05, 4.69) is 200 Å². The van der Waals surface area contributed by atoms with Gasteiger partial charge in [0.05, 0.1) is 11.4 Å². The van der Waals surface area contributed by atoms with Crippen LogP contribution in [0, 0.1) is 0 Å². The predicted molar refractivity (Wildman–Crippen MR) is 233 cm³/mol. The highest BCUT2D eigenvalue weighted by molar-refractivity contribution is 7.25. The van der Waals surface area contributed by atoms with Gasteiger partial charge in [0.2, 0.25) is 0 Å². The third-order valence-corrected chi connectivity index (χ3v) is 11.4. The Morgan fingerprint density at radius 2 is 0.745 bits per heavy atom. The number of aromatic nitrogens is 2. The number of hydrogen-bond acceptors (Lipinski definition) is 3. The molecule has 0 fully saturated rings. The predicted octanol–water partition coefficient (Wildman–Crippen LogP) is 14.5. The lowest BCUT2D eigenvalue weighted by molar-refractivity contribution is 1.18. The fourth-order valence-electron chi connectivity index (χ4n) is 7.63. The molecular formula is C52H34N2S. The maximum atomic E-state index is 5.41. The van der Waals surface area contributed by atoms with E-state index < -0.39 is 0 Å². The van der Waals surface area contributed by atoms with Crippen molar-refractivity contribution in [3.8, 4) is 78.4 Å². The zero-order chi connectivity index (χ0) is 36.6. The van der Waals surface area contributed by atoms with Crippen LogP contribution in [0.3, 0.4) is 0 Å². The Kier molecular flexibility index (Phi) is 8.40. The smallest absolute Gasteiger partial charge is 0.161 e. The quantitative estimate of drug-likeness (QED) is 0.164. The Morgan fingerprint density at radius 1 is 0.273 bits per heavy atom. The highest BCUT2D eigenvalue weighted by atomic mass is 32.1. The molecule has 0 saturated carbocycles. The fourth-order valence-corrected chi connectivity index (χ4v) is 8.77. The van der Waals surface area contributed by atoms with Gasteiger partial charge in [-0.05, 0) is 80.9 Å². The van der Waals surface area contributed by atoms with Gasteiger partial charge < -0.3 is 0 Å². The van der Waals surface area contributed by atoms with Crippen molar-refractivity contribution in [2.45, 2.75) is 0 Å². The molecule has 0 saturated heterocycles. The van der Waals surface area contributed by atoms with Crippen molar-refractivity contribution >= 4 is 31.5 Å². The van der Waals surface area contributed by atoms with E-state index in [9.17, 15) is 0 Å². The highest BCUT2D eigenvalue weighted by Crippen LogP contribution is 2.41. The largest absolute Gasteiger partial charge is 0.228 e. The van der Waals surface area contributed by atoms with Gasteiger partial charge in [0.15, 0.2) is 5.82 Å². The molecule has 258 valence electrons. The maximum absolute atomic E-state index is 5.41. The molecule has 0 unspecified atom stereocenters. The molecular weight excluding hydrogens is 685 g/mol. The molecule has 0 spiro atoms. The van der Waals surface area contributed by atoms with Crippen LogP contribution in [0.15, 0.2) is 206 Å². The normalized spacial score (nSPS) is 11.3. The SMILES string of the molecule is c1ccc(-c2cc(-c3cc(-c4ccc5c(c4)sc4ccccc45)cc(-c4ccccc4-c4ccccc4)c3)nc(-c3ccccc3-c3ccccc3)n2)cc1. The van der Waals surface area contributed by atoms with Crippen molar-refractivity contribution < 1.29 is 0 Å². The lowest BCUT2D eigenvalue weighted by atomic mass is 9.90. The summed E-state index contributed by atoms with van der Waals surface area (Å²) in [4.78, 5) is 10.7. The molecule has 10 rings (SSSR count). The first-order valence-corrected chi connectivity index (χ1v) is 19.4. The van der Waals surface area contributed by atoms with Crippen LogP contribution in [0.4, 0.5) is 0 Å². The zero-order valence-electron chi connectivity index (χ0n) is 29.9. The minimum atomic E-state index is 0.694. The Bertz CT molecular complexity index is 2970. The molecule has 0 aliphatic heterocycles. The summed E-state index contributed by atoms with van der Waals surface area (Å²) in [5.74, 6) is 0.694. The lowest BCUT2D eigenvalue weighted by Gasteiger charge is -2.16. The van der Waals surface area contributed by atoms with Crippen molar-refractivity contribution in [2.75, 3.05) is 0 Å². The second kappa shape index (κ2) is 14.1. The van der Waals surface area contributed by atoms with Crippen LogP contribution in [0.2, 0.25) is 0 Å². The van der Waals surface area contributed by atoms with Gasteiger partial charge in [-0.25, -0.2) is 9.97 Å². The van der Waals surface area contributed by atoms with Crippen LogP contribution in [0.5, 0.6) is 0 Å². The first-order valence-electron chi connectivity index (χ1n) is 18.6. The number of hydrogen-bond donors (Lipinski definition) is 0. The third kappa shape index (κ3) is 6.31. The van der Waals surface area contributed by atoms with Crippen LogP contribution in [0.25, 0.3) is 98.6 Å². The van der Waals surface area contributed by atoms with Crippen LogP contribution < -0.4 is 0 Å². The molecule has 3 heteroatoms. The van der Waals surface area contributed by atoms with E-state index >= 15 is 0 Å². The Balaban J connectivity index is 1.22. The van der Waals surface area contributed by atoms with Gasteiger partial charge >= 0.3 is 0 Å². The zero-order valence-corrected chi connectivity index (χ0v) is 30.7. The summed E-state index contributed by atoms with van der Waals surface area (Å²) in [5, 5.41) is 2.60. The van der Waals surface area contributed by atoms with E-state index in [1.807, 2.05) is 17.4 Å². The second-order valence-electron chi connectivity index (χ2n) is 13.8. The van der Waals surface area contributed by atoms with E-state index in [4.69, 9.17) is 9.97 Å².